The van der Waals surface area contributed by atoms with Crippen molar-refractivity contribution in [2.24, 2.45) is 0 Å². The van der Waals surface area contributed by atoms with E-state index >= 15 is 0 Å². The molecule has 2 aromatic carbocycles. The lowest BCUT2D eigenvalue weighted by atomic mass is 10.0. The van der Waals surface area contributed by atoms with E-state index < -0.39 is 0 Å². The van der Waals surface area contributed by atoms with Crippen LogP contribution >= 0.6 is 11.3 Å². The minimum absolute atomic E-state index is 0.996. The van der Waals surface area contributed by atoms with Gasteiger partial charge < -0.3 is 0 Å². The maximum Gasteiger partial charge on any atom is 0.213 e. The molecule has 3 heterocycles. The van der Waals surface area contributed by atoms with E-state index in [4.69, 9.17) is 0 Å². The number of hydrogen-bond acceptors (Lipinski definition) is 1. The fourth-order valence-corrected chi connectivity index (χ4v) is 4.38. The molecule has 2 heteroatoms. The first-order chi connectivity index (χ1) is 9.90. The predicted octanol–water partition coefficient (Wildman–Crippen LogP) is 4.37. The van der Waals surface area contributed by atoms with Crippen molar-refractivity contribution in [2.45, 2.75) is 6.54 Å². The summed E-state index contributed by atoms with van der Waals surface area (Å²) in [6.45, 7) is 0.996. The number of aromatic nitrogens is 1. The molecule has 0 saturated heterocycles. The number of nitrogens with zero attached hydrogens (tertiary/aromatic N) is 1. The van der Waals surface area contributed by atoms with Gasteiger partial charge in [-0.15, -0.1) is 11.3 Å². The molecule has 1 nitrogen and oxygen atoms in total. The Balaban J connectivity index is 1.91. The van der Waals surface area contributed by atoms with Crippen molar-refractivity contribution >= 4 is 31.5 Å². The largest absolute Gasteiger partial charge is 0.213 e. The SMILES string of the molecule is c1cc[n+]2c(c1)-c1cc3c(cc1C2)sc1ccccc13. The molecule has 0 radical (unpaired) electrons. The van der Waals surface area contributed by atoms with E-state index in [0.717, 1.165) is 6.54 Å². The molecule has 0 N–H and O–H groups in total. The van der Waals surface area contributed by atoms with E-state index in [1.165, 1.54) is 37.0 Å². The van der Waals surface area contributed by atoms with E-state index in [9.17, 15) is 0 Å². The van der Waals surface area contributed by atoms with E-state index in [-0.39, 0.29) is 0 Å². The first-order valence-electron chi connectivity index (χ1n) is 6.83. The van der Waals surface area contributed by atoms with Crippen LogP contribution in [-0.4, -0.2) is 0 Å². The molecular weight excluding hydrogens is 262 g/mol. The van der Waals surface area contributed by atoms with Gasteiger partial charge in [0.05, 0.1) is 5.56 Å². The highest BCUT2D eigenvalue weighted by molar-refractivity contribution is 7.25. The molecule has 0 unspecified atom stereocenters. The molecule has 0 spiro atoms. The summed E-state index contributed by atoms with van der Waals surface area (Å²) in [7, 11) is 0. The van der Waals surface area contributed by atoms with Crippen LogP contribution < -0.4 is 4.57 Å². The van der Waals surface area contributed by atoms with Crippen LogP contribution in [0.3, 0.4) is 0 Å². The maximum absolute atomic E-state index is 2.38. The van der Waals surface area contributed by atoms with Crippen LogP contribution in [0.1, 0.15) is 5.56 Å². The van der Waals surface area contributed by atoms with Gasteiger partial charge in [-0.1, -0.05) is 18.2 Å². The highest BCUT2D eigenvalue weighted by atomic mass is 32.1. The standard InChI is InChI=1S/C18H12NS/c1-2-7-17-13(5-1)15-10-14-12(9-18(15)20-17)11-19-8-4-3-6-16(14)19/h1-10H,11H2/q+1. The second-order valence-electron chi connectivity index (χ2n) is 5.32. The summed E-state index contributed by atoms with van der Waals surface area (Å²) in [6, 6.07) is 19.9. The molecule has 0 amide bonds. The number of pyridine rings is 1. The van der Waals surface area contributed by atoms with Crippen LogP contribution in [0, 0.1) is 0 Å². The molecule has 0 bridgehead atoms. The van der Waals surface area contributed by atoms with E-state index in [1.54, 1.807) is 0 Å². The summed E-state index contributed by atoms with van der Waals surface area (Å²) in [4.78, 5) is 0. The Morgan fingerprint density at radius 2 is 1.75 bits per heavy atom. The molecule has 2 aromatic heterocycles. The average Bonchev–Trinajstić information content (AvgIpc) is 3.02. The van der Waals surface area contributed by atoms with E-state index in [1.807, 2.05) is 11.3 Å². The lowest BCUT2D eigenvalue weighted by Gasteiger charge is -1.96. The zero-order valence-electron chi connectivity index (χ0n) is 10.8. The second kappa shape index (κ2) is 3.68. The van der Waals surface area contributed by atoms with Gasteiger partial charge in [-0.3, -0.25) is 0 Å². The highest BCUT2D eigenvalue weighted by Crippen LogP contribution is 2.38. The number of hydrogen-bond donors (Lipinski definition) is 0. The number of rotatable bonds is 0. The Kier molecular flexibility index (Phi) is 1.94. The van der Waals surface area contributed by atoms with Gasteiger partial charge >= 0.3 is 0 Å². The minimum Gasteiger partial charge on any atom is -0.194 e. The van der Waals surface area contributed by atoms with Gasteiger partial charge in [0.1, 0.15) is 0 Å². The summed E-state index contributed by atoms with van der Waals surface area (Å²) >= 11 is 1.90. The number of fused-ring (bicyclic) bond motifs is 6. The van der Waals surface area contributed by atoms with Crippen LogP contribution in [-0.2, 0) is 6.54 Å². The predicted molar refractivity (Wildman–Crippen MR) is 84.1 cm³/mol. The van der Waals surface area contributed by atoms with Gasteiger partial charge in [0.25, 0.3) is 0 Å². The van der Waals surface area contributed by atoms with Crippen LogP contribution in [0.2, 0.25) is 0 Å². The molecule has 1 aliphatic rings. The average molecular weight is 274 g/mol. The third kappa shape index (κ3) is 1.29. The fraction of sp³-hybridized carbons (Fsp3) is 0.0556. The van der Waals surface area contributed by atoms with Crippen molar-refractivity contribution in [3.05, 3.63) is 66.4 Å². The third-order valence-corrected chi connectivity index (χ3v) is 5.29. The molecule has 0 aliphatic carbocycles. The lowest BCUT2D eigenvalue weighted by molar-refractivity contribution is -0.672. The van der Waals surface area contributed by atoms with Crippen molar-refractivity contribution in [1.29, 1.82) is 0 Å². The molecule has 0 saturated carbocycles. The monoisotopic (exact) mass is 274 g/mol. The van der Waals surface area contributed by atoms with Gasteiger partial charge in [0.2, 0.25) is 5.69 Å². The van der Waals surface area contributed by atoms with Crippen LogP contribution in [0.4, 0.5) is 0 Å². The lowest BCUT2D eigenvalue weighted by Crippen LogP contribution is -2.31. The molecule has 20 heavy (non-hydrogen) atoms. The van der Waals surface area contributed by atoms with Crippen molar-refractivity contribution in [3.8, 4) is 11.3 Å². The Labute approximate surface area is 120 Å². The zero-order valence-corrected chi connectivity index (χ0v) is 11.7. The first-order valence-corrected chi connectivity index (χ1v) is 7.65. The summed E-state index contributed by atoms with van der Waals surface area (Å²) in [5.41, 5.74) is 4.16. The van der Waals surface area contributed by atoms with Crippen LogP contribution in [0.15, 0.2) is 60.8 Å². The zero-order chi connectivity index (χ0) is 13.1. The molecule has 1 aliphatic heterocycles. The van der Waals surface area contributed by atoms with Gasteiger partial charge in [0.15, 0.2) is 12.7 Å². The summed E-state index contributed by atoms with van der Waals surface area (Å²) in [5, 5.41) is 2.77. The molecule has 0 atom stereocenters. The van der Waals surface area contributed by atoms with Crippen molar-refractivity contribution in [2.75, 3.05) is 0 Å². The molecule has 4 aromatic rings. The van der Waals surface area contributed by atoms with Gasteiger partial charge in [-0.2, -0.15) is 4.57 Å². The Bertz CT molecular complexity index is 981. The van der Waals surface area contributed by atoms with E-state index in [2.05, 4.69) is 65.4 Å². The van der Waals surface area contributed by atoms with Crippen LogP contribution in [0.5, 0.6) is 0 Å². The topological polar surface area (TPSA) is 3.88 Å². The summed E-state index contributed by atoms with van der Waals surface area (Å²) < 4.78 is 5.11. The first kappa shape index (κ1) is 10.6. The smallest absolute Gasteiger partial charge is 0.194 e. The molecule has 94 valence electrons. The van der Waals surface area contributed by atoms with Crippen molar-refractivity contribution < 1.29 is 4.57 Å². The highest BCUT2D eigenvalue weighted by Gasteiger charge is 2.26. The fourth-order valence-electron chi connectivity index (χ4n) is 3.22. The Morgan fingerprint density at radius 1 is 0.850 bits per heavy atom. The van der Waals surface area contributed by atoms with E-state index in [0.29, 0.717) is 0 Å². The number of thiophene rings is 1. The Hall–Kier alpha value is -2.19. The van der Waals surface area contributed by atoms with Crippen LogP contribution in [0.25, 0.3) is 31.4 Å². The quantitative estimate of drug-likeness (QED) is 0.369. The minimum atomic E-state index is 0.996. The van der Waals surface area contributed by atoms with Gasteiger partial charge in [-0.05, 0) is 24.3 Å². The van der Waals surface area contributed by atoms with Crippen molar-refractivity contribution in [1.82, 2.24) is 0 Å². The van der Waals surface area contributed by atoms with Gasteiger partial charge in [0, 0.05) is 37.9 Å². The summed E-state index contributed by atoms with van der Waals surface area (Å²) in [6.07, 6.45) is 2.17. The Morgan fingerprint density at radius 3 is 2.75 bits per heavy atom. The second-order valence-corrected chi connectivity index (χ2v) is 6.40. The summed E-state index contributed by atoms with van der Waals surface area (Å²) in [5.74, 6) is 0. The van der Waals surface area contributed by atoms with Gasteiger partial charge in [-0.25, -0.2) is 0 Å². The van der Waals surface area contributed by atoms with Crippen molar-refractivity contribution in [3.63, 3.8) is 0 Å². The molecule has 0 fully saturated rings. The normalized spacial score (nSPS) is 12.8. The third-order valence-electron chi connectivity index (χ3n) is 4.16. The number of benzene rings is 2. The maximum atomic E-state index is 2.38. The molecular formula is C18H12NS+. The molecule has 5 rings (SSSR count).